The number of carbonyl (C=O) groups excluding carboxylic acids is 2. The van der Waals surface area contributed by atoms with E-state index in [9.17, 15) is 9.59 Å². The molecule has 1 N–H and O–H groups in total. The number of hydrogen-bond acceptors (Lipinski definition) is 9. The first kappa shape index (κ1) is 26.4. The monoisotopic (exact) mass is 514 g/mol. The number of carbonyl (C=O) groups is 2. The number of allylic oxidation sites excluding steroid dienone is 1. The van der Waals surface area contributed by atoms with E-state index in [4.69, 9.17) is 14.2 Å². The third-order valence-corrected chi connectivity index (χ3v) is 7.16. The van der Waals surface area contributed by atoms with Gasteiger partial charge in [0.05, 0.1) is 43.6 Å². The van der Waals surface area contributed by atoms with Gasteiger partial charge in [-0.3, -0.25) is 9.69 Å². The zero-order chi connectivity index (χ0) is 25.3. The van der Waals surface area contributed by atoms with Crippen molar-refractivity contribution >= 4 is 28.8 Å². The summed E-state index contributed by atoms with van der Waals surface area (Å²) < 4.78 is 15.9. The van der Waals surface area contributed by atoms with Gasteiger partial charge in [-0.15, -0.1) is 0 Å². The second kappa shape index (κ2) is 13.0. The Balaban J connectivity index is 1.44. The van der Waals surface area contributed by atoms with E-state index in [1.54, 1.807) is 7.11 Å². The van der Waals surface area contributed by atoms with Gasteiger partial charge in [0.2, 0.25) is 5.91 Å². The highest BCUT2D eigenvalue weighted by Gasteiger charge is 2.41. The zero-order valence-electron chi connectivity index (χ0n) is 20.9. The van der Waals surface area contributed by atoms with Crippen LogP contribution in [0.15, 0.2) is 57.7 Å². The van der Waals surface area contributed by atoms with Crippen LogP contribution in [0.3, 0.4) is 0 Å². The molecule has 0 spiro atoms. The third-order valence-electron chi connectivity index (χ3n) is 6.28. The second-order valence-electron chi connectivity index (χ2n) is 8.77. The molecule has 1 unspecified atom stereocenters. The van der Waals surface area contributed by atoms with Gasteiger partial charge in [-0.1, -0.05) is 42.1 Å². The Morgan fingerprint density at radius 1 is 1.19 bits per heavy atom. The molecule has 10 heteroatoms. The third kappa shape index (κ3) is 6.56. The lowest BCUT2D eigenvalue weighted by molar-refractivity contribution is -0.141. The van der Waals surface area contributed by atoms with Gasteiger partial charge in [0.25, 0.3) is 0 Å². The lowest BCUT2D eigenvalue weighted by Crippen LogP contribution is -2.39. The summed E-state index contributed by atoms with van der Waals surface area (Å²) in [7, 11) is 1.56. The van der Waals surface area contributed by atoms with Crippen LogP contribution in [-0.4, -0.2) is 86.6 Å². The van der Waals surface area contributed by atoms with Crippen LogP contribution in [0.4, 0.5) is 0 Å². The fraction of sp³-hybridized carbons (Fsp3) is 0.500. The van der Waals surface area contributed by atoms with Crippen molar-refractivity contribution in [1.29, 1.82) is 0 Å². The Kier molecular flexibility index (Phi) is 9.57. The van der Waals surface area contributed by atoms with Crippen LogP contribution in [0.1, 0.15) is 31.4 Å². The molecule has 9 nitrogen and oxygen atoms in total. The van der Waals surface area contributed by atoms with Crippen molar-refractivity contribution in [3.8, 4) is 0 Å². The topological polar surface area (TPSA) is 92.7 Å². The van der Waals surface area contributed by atoms with Crippen molar-refractivity contribution in [2.45, 2.75) is 25.8 Å². The minimum absolute atomic E-state index is 0.0487. The molecule has 36 heavy (non-hydrogen) atoms. The van der Waals surface area contributed by atoms with E-state index in [-0.39, 0.29) is 18.9 Å². The molecular formula is C26H34N4O5S. The average Bonchev–Trinajstić information content (AvgIpc) is 3.28. The van der Waals surface area contributed by atoms with E-state index in [2.05, 4.69) is 15.2 Å². The van der Waals surface area contributed by atoms with Gasteiger partial charge in [0.15, 0.2) is 5.17 Å². The zero-order valence-corrected chi connectivity index (χ0v) is 21.7. The Morgan fingerprint density at radius 3 is 2.72 bits per heavy atom. The number of aliphatic imine (C=N–C) groups is 1. The molecule has 3 heterocycles. The number of rotatable bonds is 11. The number of benzene rings is 1. The Morgan fingerprint density at radius 2 is 1.97 bits per heavy atom. The fourth-order valence-corrected chi connectivity index (χ4v) is 5.42. The largest absolute Gasteiger partial charge is 0.460 e. The standard InChI is InChI=1S/C26H34N4O5S/c1-19-23(25(32)35-16-15-33-2)24(20-7-4-3-5-8-20)30-21(18-36-26(30)28-19)17-22(31)27-9-6-10-29-11-13-34-14-12-29/h3-5,7-8,18,24H,6,9-17H2,1-2H3,(H,27,31). The van der Waals surface area contributed by atoms with Crippen LogP contribution in [0, 0.1) is 0 Å². The summed E-state index contributed by atoms with van der Waals surface area (Å²) in [5.41, 5.74) is 2.84. The number of amides is 1. The van der Waals surface area contributed by atoms with Crippen LogP contribution in [-0.2, 0) is 23.8 Å². The summed E-state index contributed by atoms with van der Waals surface area (Å²) >= 11 is 1.47. The summed E-state index contributed by atoms with van der Waals surface area (Å²) in [6.07, 6.45) is 1.10. The molecule has 3 aliphatic rings. The maximum Gasteiger partial charge on any atom is 0.338 e. The van der Waals surface area contributed by atoms with Gasteiger partial charge in [-0.05, 0) is 30.9 Å². The van der Waals surface area contributed by atoms with E-state index >= 15 is 0 Å². The van der Waals surface area contributed by atoms with Crippen molar-refractivity contribution in [3.63, 3.8) is 0 Å². The molecule has 0 bridgehead atoms. The number of thioether (sulfide) groups is 1. The summed E-state index contributed by atoms with van der Waals surface area (Å²) in [5.74, 6) is -0.475. The Bertz CT molecular complexity index is 1020. The number of nitrogens with one attached hydrogen (secondary N) is 1. The van der Waals surface area contributed by atoms with Crippen molar-refractivity contribution in [1.82, 2.24) is 15.1 Å². The molecule has 0 radical (unpaired) electrons. The molecule has 3 aliphatic heterocycles. The number of fused-ring (bicyclic) bond motifs is 1. The minimum atomic E-state index is -0.427. The quantitative estimate of drug-likeness (QED) is 0.356. The predicted molar refractivity (Wildman–Crippen MR) is 139 cm³/mol. The molecule has 1 fully saturated rings. The van der Waals surface area contributed by atoms with Gasteiger partial charge in [0.1, 0.15) is 6.61 Å². The van der Waals surface area contributed by atoms with Crippen LogP contribution >= 0.6 is 11.8 Å². The second-order valence-corrected chi connectivity index (χ2v) is 9.60. The lowest BCUT2D eigenvalue weighted by Gasteiger charge is -2.36. The van der Waals surface area contributed by atoms with Crippen LogP contribution in [0.25, 0.3) is 0 Å². The number of hydrogen-bond donors (Lipinski definition) is 1. The highest BCUT2D eigenvalue weighted by Crippen LogP contribution is 2.44. The molecule has 1 saturated heterocycles. The average molecular weight is 515 g/mol. The van der Waals surface area contributed by atoms with Gasteiger partial charge in [-0.25, -0.2) is 9.79 Å². The number of nitrogens with zero attached hydrogens (tertiary/aromatic N) is 3. The Labute approximate surface area is 216 Å². The summed E-state index contributed by atoms with van der Waals surface area (Å²) in [5, 5.41) is 5.75. The van der Waals surface area contributed by atoms with E-state index in [1.165, 1.54) is 11.8 Å². The molecule has 0 aliphatic carbocycles. The fourth-order valence-electron chi connectivity index (χ4n) is 4.46. The summed E-state index contributed by atoms with van der Waals surface area (Å²) in [6.45, 7) is 7.31. The molecule has 194 valence electrons. The number of amidine groups is 1. The molecule has 1 atom stereocenters. The molecule has 0 saturated carbocycles. The summed E-state index contributed by atoms with van der Waals surface area (Å²) in [6, 6.07) is 9.36. The van der Waals surface area contributed by atoms with E-state index in [0.29, 0.717) is 24.4 Å². The van der Waals surface area contributed by atoms with Crippen LogP contribution < -0.4 is 5.32 Å². The highest BCUT2D eigenvalue weighted by atomic mass is 32.2. The van der Waals surface area contributed by atoms with Crippen LogP contribution in [0.2, 0.25) is 0 Å². The molecule has 0 aromatic heterocycles. The van der Waals surface area contributed by atoms with Crippen molar-refractivity contribution < 1.29 is 23.8 Å². The SMILES string of the molecule is COCCOC(=O)C1=C(C)N=C2SC=C(CC(=O)NCCCN3CCOCC3)N2C1c1ccccc1. The van der Waals surface area contributed by atoms with E-state index < -0.39 is 12.0 Å². The highest BCUT2D eigenvalue weighted by molar-refractivity contribution is 8.16. The number of morpholine rings is 1. The van der Waals surface area contributed by atoms with Gasteiger partial charge in [-0.2, -0.15) is 0 Å². The maximum absolute atomic E-state index is 13.1. The van der Waals surface area contributed by atoms with Crippen molar-refractivity contribution in [2.75, 3.05) is 59.7 Å². The number of esters is 1. The first-order valence-corrected chi connectivity index (χ1v) is 13.2. The van der Waals surface area contributed by atoms with Crippen LogP contribution in [0.5, 0.6) is 0 Å². The maximum atomic E-state index is 13.1. The molecule has 1 amide bonds. The normalized spacial score (nSPS) is 20.1. The molecule has 1 aromatic rings. The van der Waals surface area contributed by atoms with Gasteiger partial charge >= 0.3 is 5.97 Å². The van der Waals surface area contributed by atoms with Gasteiger partial charge in [0, 0.05) is 32.4 Å². The number of ether oxygens (including phenoxy) is 3. The van der Waals surface area contributed by atoms with E-state index in [1.807, 2.05) is 47.6 Å². The van der Waals surface area contributed by atoms with Gasteiger partial charge < -0.3 is 24.4 Å². The lowest BCUT2D eigenvalue weighted by atomic mass is 9.94. The molecule has 1 aromatic carbocycles. The Hall–Kier alpha value is -2.66. The van der Waals surface area contributed by atoms with Crippen molar-refractivity contribution in [2.24, 2.45) is 4.99 Å². The van der Waals surface area contributed by atoms with E-state index in [0.717, 1.165) is 55.7 Å². The molecule has 4 rings (SSSR count). The number of methoxy groups -OCH3 is 1. The summed E-state index contributed by atoms with van der Waals surface area (Å²) in [4.78, 5) is 35.0. The first-order chi connectivity index (χ1) is 17.6. The van der Waals surface area contributed by atoms with Crippen molar-refractivity contribution in [3.05, 3.63) is 58.3 Å². The molecular weight excluding hydrogens is 480 g/mol. The predicted octanol–water partition coefficient (Wildman–Crippen LogP) is 2.68. The first-order valence-electron chi connectivity index (χ1n) is 12.3. The minimum Gasteiger partial charge on any atom is -0.460 e. The smallest absolute Gasteiger partial charge is 0.338 e.